The Bertz CT molecular complexity index is 912. The summed E-state index contributed by atoms with van der Waals surface area (Å²) in [5.74, 6) is 0.969. The van der Waals surface area contributed by atoms with Gasteiger partial charge in [0.25, 0.3) is 0 Å². The maximum Gasteiger partial charge on any atom is 0.419 e. The van der Waals surface area contributed by atoms with E-state index in [0.717, 1.165) is 38.2 Å². The van der Waals surface area contributed by atoms with Gasteiger partial charge in [-0.05, 0) is 42.5 Å². The maximum atomic E-state index is 12.3. The standard InChI is InChI=1S/C24H32N4O4/c1-18(2)16-32-24(30)28-15-21(25-17-28)6-9-23(29)26-20-10-12-27(13-11-20)14-19-4-7-22(31-3)8-5-19/h4-9,15,17-18,20H,10-14,16H2,1-3H3,(H,26,29). The Kier molecular flexibility index (Phi) is 8.44. The molecule has 1 N–H and O–H groups in total. The molecule has 0 saturated carbocycles. The number of nitrogens with one attached hydrogen (secondary N) is 1. The van der Waals surface area contributed by atoms with Crippen molar-refractivity contribution in [2.24, 2.45) is 5.92 Å². The number of amides is 1. The normalized spacial score (nSPS) is 15.2. The number of carbonyl (C=O) groups excluding carboxylic acids is 2. The number of rotatable bonds is 8. The zero-order valence-electron chi connectivity index (χ0n) is 19.0. The monoisotopic (exact) mass is 440 g/mol. The average Bonchev–Trinajstić information content (AvgIpc) is 3.27. The lowest BCUT2D eigenvalue weighted by atomic mass is 10.0. The van der Waals surface area contributed by atoms with Crippen LogP contribution in [0.2, 0.25) is 0 Å². The van der Waals surface area contributed by atoms with Crippen molar-refractivity contribution in [3.05, 3.63) is 54.1 Å². The van der Waals surface area contributed by atoms with Crippen LogP contribution in [0.4, 0.5) is 4.79 Å². The summed E-state index contributed by atoms with van der Waals surface area (Å²) < 4.78 is 11.6. The van der Waals surface area contributed by atoms with E-state index in [1.54, 1.807) is 19.4 Å². The largest absolute Gasteiger partial charge is 0.497 e. The van der Waals surface area contributed by atoms with Crippen LogP contribution in [0.3, 0.4) is 0 Å². The number of benzene rings is 1. The van der Waals surface area contributed by atoms with Crippen LogP contribution in [-0.2, 0) is 16.1 Å². The number of likely N-dealkylation sites (tertiary alicyclic amines) is 1. The molecule has 2 heterocycles. The molecule has 0 atom stereocenters. The Labute approximate surface area is 189 Å². The van der Waals surface area contributed by atoms with Gasteiger partial charge < -0.3 is 14.8 Å². The van der Waals surface area contributed by atoms with Crippen molar-refractivity contribution in [2.75, 3.05) is 26.8 Å². The minimum Gasteiger partial charge on any atom is -0.497 e. The molecule has 1 saturated heterocycles. The van der Waals surface area contributed by atoms with Gasteiger partial charge in [-0.2, -0.15) is 0 Å². The van der Waals surface area contributed by atoms with Crippen molar-refractivity contribution in [2.45, 2.75) is 39.3 Å². The van der Waals surface area contributed by atoms with Crippen molar-refractivity contribution >= 4 is 18.1 Å². The Morgan fingerprint density at radius 3 is 2.59 bits per heavy atom. The molecule has 3 rings (SSSR count). The molecule has 1 aromatic heterocycles. The third-order valence-corrected chi connectivity index (χ3v) is 5.26. The number of hydrogen-bond donors (Lipinski definition) is 1. The molecule has 2 aromatic rings. The number of piperidine rings is 1. The molecule has 8 heteroatoms. The van der Waals surface area contributed by atoms with Gasteiger partial charge in [0, 0.05) is 37.9 Å². The smallest absolute Gasteiger partial charge is 0.419 e. The number of methoxy groups -OCH3 is 1. The molecule has 8 nitrogen and oxygen atoms in total. The summed E-state index contributed by atoms with van der Waals surface area (Å²) in [5.41, 5.74) is 1.78. The van der Waals surface area contributed by atoms with Gasteiger partial charge in [0.1, 0.15) is 12.1 Å². The highest BCUT2D eigenvalue weighted by atomic mass is 16.5. The molecule has 32 heavy (non-hydrogen) atoms. The summed E-state index contributed by atoms with van der Waals surface area (Å²) in [5, 5.41) is 3.06. The molecular formula is C24H32N4O4. The molecule has 172 valence electrons. The third kappa shape index (κ3) is 7.23. The van der Waals surface area contributed by atoms with Crippen LogP contribution in [0.5, 0.6) is 5.75 Å². The maximum absolute atomic E-state index is 12.3. The SMILES string of the molecule is COc1ccc(CN2CCC(NC(=O)C=Cc3cn(C(=O)OCC(C)C)cn3)CC2)cc1. The number of imidazole rings is 1. The van der Waals surface area contributed by atoms with E-state index in [1.165, 1.54) is 22.5 Å². The first-order valence-corrected chi connectivity index (χ1v) is 11.0. The van der Waals surface area contributed by atoms with Gasteiger partial charge in [-0.3, -0.25) is 9.69 Å². The fourth-order valence-corrected chi connectivity index (χ4v) is 3.47. The Hall–Kier alpha value is -3.13. The molecule has 1 aliphatic rings. The van der Waals surface area contributed by atoms with Gasteiger partial charge in [-0.25, -0.2) is 14.3 Å². The minimum atomic E-state index is -0.475. The number of carbonyl (C=O) groups is 2. The summed E-state index contributed by atoms with van der Waals surface area (Å²) in [7, 11) is 1.67. The lowest BCUT2D eigenvalue weighted by molar-refractivity contribution is -0.117. The average molecular weight is 441 g/mol. The lowest BCUT2D eigenvalue weighted by Gasteiger charge is -2.32. The highest BCUT2D eigenvalue weighted by Gasteiger charge is 2.20. The summed E-state index contributed by atoms with van der Waals surface area (Å²) in [6.07, 6.45) is 7.33. The van der Waals surface area contributed by atoms with Crippen LogP contribution >= 0.6 is 0 Å². The summed E-state index contributed by atoms with van der Waals surface area (Å²) >= 11 is 0. The van der Waals surface area contributed by atoms with Gasteiger partial charge in [0.2, 0.25) is 5.91 Å². The molecule has 1 amide bonds. The number of ether oxygens (including phenoxy) is 2. The third-order valence-electron chi connectivity index (χ3n) is 5.26. The number of nitrogens with zero attached hydrogens (tertiary/aromatic N) is 3. The molecule has 0 radical (unpaired) electrons. The Morgan fingerprint density at radius 2 is 1.94 bits per heavy atom. The van der Waals surface area contributed by atoms with E-state index in [4.69, 9.17) is 9.47 Å². The highest BCUT2D eigenvalue weighted by Crippen LogP contribution is 2.16. The highest BCUT2D eigenvalue weighted by molar-refractivity contribution is 5.91. The predicted molar refractivity (Wildman–Crippen MR) is 122 cm³/mol. The topological polar surface area (TPSA) is 85.7 Å². The van der Waals surface area contributed by atoms with Crippen molar-refractivity contribution in [3.8, 4) is 5.75 Å². The molecule has 1 aliphatic heterocycles. The van der Waals surface area contributed by atoms with Crippen molar-refractivity contribution in [1.29, 1.82) is 0 Å². The van der Waals surface area contributed by atoms with Gasteiger partial charge in [-0.15, -0.1) is 0 Å². The van der Waals surface area contributed by atoms with E-state index < -0.39 is 6.09 Å². The quantitative estimate of drug-likeness (QED) is 0.634. The van der Waals surface area contributed by atoms with E-state index in [9.17, 15) is 9.59 Å². The zero-order chi connectivity index (χ0) is 22.9. The predicted octanol–water partition coefficient (Wildman–Crippen LogP) is 3.33. The van der Waals surface area contributed by atoms with E-state index >= 15 is 0 Å². The second kappa shape index (κ2) is 11.5. The summed E-state index contributed by atoms with van der Waals surface area (Å²) in [4.78, 5) is 30.7. The Morgan fingerprint density at radius 1 is 1.22 bits per heavy atom. The van der Waals surface area contributed by atoms with Crippen molar-refractivity contribution in [3.63, 3.8) is 0 Å². The Balaban J connectivity index is 1.40. The first-order chi connectivity index (χ1) is 15.4. The van der Waals surface area contributed by atoms with Gasteiger partial charge in [0.05, 0.1) is 19.4 Å². The fourth-order valence-electron chi connectivity index (χ4n) is 3.47. The molecule has 0 unspecified atom stereocenters. The van der Waals surface area contributed by atoms with Gasteiger partial charge in [-0.1, -0.05) is 26.0 Å². The lowest BCUT2D eigenvalue weighted by Crippen LogP contribution is -2.43. The molecule has 1 aromatic carbocycles. The second-order valence-electron chi connectivity index (χ2n) is 8.42. The fraction of sp³-hybridized carbons (Fsp3) is 0.458. The van der Waals surface area contributed by atoms with Crippen LogP contribution < -0.4 is 10.1 Å². The first-order valence-electron chi connectivity index (χ1n) is 11.0. The van der Waals surface area contributed by atoms with E-state index in [-0.39, 0.29) is 17.9 Å². The van der Waals surface area contributed by atoms with Crippen molar-refractivity contribution in [1.82, 2.24) is 19.8 Å². The molecule has 1 fully saturated rings. The van der Waals surface area contributed by atoms with E-state index in [2.05, 4.69) is 27.3 Å². The van der Waals surface area contributed by atoms with Crippen LogP contribution in [0.15, 0.2) is 42.9 Å². The van der Waals surface area contributed by atoms with Gasteiger partial charge >= 0.3 is 6.09 Å². The minimum absolute atomic E-state index is 0.155. The van der Waals surface area contributed by atoms with Gasteiger partial charge in [0.15, 0.2) is 0 Å². The zero-order valence-corrected chi connectivity index (χ0v) is 19.0. The molecule has 0 aliphatic carbocycles. The van der Waals surface area contributed by atoms with Crippen LogP contribution in [0, 0.1) is 5.92 Å². The van der Waals surface area contributed by atoms with Crippen LogP contribution in [-0.4, -0.2) is 59.3 Å². The molecule has 0 bridgehead atoms. The van der Waals surface area contributed by atoms with E-state index in [1.807, 2.05) is 26.0 Å². The second-order valence-corrected chi connectivity index (χ2v) is 8.42. The van der Waals surface area contributed by atoms with Crippen LogP contribution in [0.25, 0.3) is 6.08 Å². The molecule has 0 spiro atoms. The van der Waals surface area contributed by atoms with Crippen molar-refractivity contribution < 1.29 is 19.1 Å². The number of aromatic nitrogens is 2. The summed E-state index contributed by atoms with van der Waals surface area (Å²) in [6.45, 7) is 7.06. The first kappa shape index (κ1) is 23.5. The summed E-state index contributed by atoms with van der Waals surface area (Å²) in [6, 6.07) is 8.28. The molecular weight excluding hydrogens is 408 g/mol. The van der Waals surface area contributed by atoms with Crippen LogP contribution in [0.1, 0.15) is 37.9 Å². The number of hydrogen-bond acceptors (Lipinski definition) is 6. The van der Waals surface area contributed by atoms with E-state index in [0.29, 0.717) is 12.3 Å².